The lowest BCUT2D eigenvalue weighted by Gasteiger charge is -2.12. The quantitative estimate of drug-likeness (QED) is 0.163. The highest BCUT2D eigenvalue weighted by atomic mass is 16.3. The summed E-state index contributed by atoms with van der Waals surface area (Å²) in [4.78, 5) is 10.4. The number of fused-ring (bicyclic) bond motifs is 12. The number of aromatic nitrogens is 3. The Morgan fingerprint density at radius 1 is 0.355 bits per heavy atom. The monoisotopic (exact) mass is 789 g/mol. The third-order valence-electron chi connectivity index (χ3n) is 12.6. The van der Waals surface area contributed by atoms with Gasteiger partial charge in [-0.2, -0.15) is 0 Å². The molecule has 0 amide bonds. The second-order valence-electron chi connectivity index (χ2n) is 16.1. The molecule has 3 aromatic heterocycles. The van der Waals surface area contributed by atoms with Gasteiger partial charge in [0.15, 0.2) is 11.4 Å². The Labute approximate surface area is 356 Å². The van der Waals surface area contributed by atoms with E-state index in [9.17, 15) is 0 Å². The van der Waals surface area contributed by atoms with Gasteiger partial charge < -0.3 is 8.98 Å². The Kier molecular flexibility index (Phi) is 7.57. The van der Waals surface area contributed by atoms with Crippen molar-refractivity contribution >= 4 is 76.2 Å². The van der Waals surface area contributed by atoms with Crippen molar-refractivity contribution in [1.29, 1.82) is 0 Å². The first-order chi connectivity index (χ1) is 30.7. The molecule has 10 aromatic carbocycles. The van der Waals surface area contributed by atoms with Gasteiger partial charge in [0.05, 0.1) is 11.0 Å². The summed E-state index contributed by atoms with van der Waals surface area (Å²) >= 11 is 0. The highest BCUT2D eigenvalue weighted by Crippen LogP contribution is 2.43. The van der Waals surface area contributed by atoms with E-state index in [-0.39, 0.29) is 0 Å². The van der Waals surface area contributed by atoms with Crippen molar-refractivity contribution in [2.75, 3.05) is 0 Å². The summed E-state index contributed by atoms with van der Waals surface area (Å²) < 4.78 is 8.82. The lowest BCUT2D eigenvalue weighted by atomic mass is 9.91. The van der Waals surface area contributed by atoms with Gasteiger partial charge in [-0.15, -0.1) is 0 Å². The molecule has 0 saturated carbocycles. The lowest BCUT2D eigenvalue weighted by Crippen LogP contribution is -1.94. The molecule has 4 heteroatoms. The Morgan fingerprint density at radius 2 is 0.935 bits per heavy atom. The summed E-state index contributed by atoms with van der Waals surface area (Å²) in [6, 6.07) is 75.9. The van der Waals surface area contributed by atoms with Crippen LogP contribution in [0.25, 0.3) is 127 Å². The van der Waals surface area contributed by atoms with Gasteiger partial charge in [0.25, 0.3) is 0 Å². The molecule has 0 unspecified atom stereocenters. The average Bonchev–Trinajstić information content (AvgIpc) is 3.90. The van der Waals surface area contributed by atoms with E-state index in [0.717, 1.165) is 61.2 Å². The van der Waals surface area contributed by atoms with Crippen LogP contribution < -0.4 is 0 Å². The Balaban J connectivity index is 1.03. The first-order valence-corrected chi connectivity index (χ1v) is 21.1. The first-order valence-electron chi connectivity index (χ1n) is 21.1. The van der Waals surface area contributed by atoms with Gasteiger partial charge in [-0.1, -0.05) is 158 Å². The molecule has 0 N–H and O–H groups in total. The van der Waals surface area contributed by atoms with Gasteiger partial charge >= 0.3 is 0 Å². The number of para-hydroxylation sites is 2. The maximum atomic E-state index is 6.42. The van der Waals surface area contributed by atoms with Crippen molar-refractivity contribution in [2.45, 2.75) is 0 Å². The summed E-state index contributed by atoms with van der Waals surface area (Å²) in [7, 11) is 0. The predicted molar refractivity (Wildman–Crippen MR) is 258 cm³/mol. The van der Waals surface area contributed by atoms with Crippen LogP contribution in [0.4, 0.5) is 0 Å². The standard InChI is InChI=1S/C58H35N3O/c1-3-15-36(16-4-1)55-57-56(48-25-11-12-28-53(48)62-57)60-58(59-55)40-18-13-17-39(33-40)42-26-14-27-52-54(42)50-35-38(30-32-51(50)61(52)41-19-5-2-6-20-41)37-29-31-47-45-23-8-7-21-43(45)44-22-9-10-24-46(44)49(47)34-37/h1-35H. The third kappa shape index (κ3) is 5.27. The third-order valence-corrected chi connectivity index (χ3v) is 12.6. The van der Waals surface area contributed by atoms with Crippen molar-refractivity contribution < 1.29 is 4.42 Å². The fourth-order valence-corrected chi connectivity index (χ4v) is 9.77. The fourth-order valence-electron chi connectivity index (χ4n) is 9.77. The van der Waals surface area contributed by atoms with E-state index in [0.29, 0.717) is 11.4 Å². The fraction of sp³-hybridized carbons (Fsp3) is 0. The molecule has 0 aliphatic rings. The molecule has 0 spiro atoms. The Hall–Kier alpha value is -8.34. The molecule has 0 aliphatic heterocycles. The van der Waals surface area contributed by atoms with E-state index >= 15 is 0 Å². The number of furan rings is 1. The minimum atomic E-state index is 0.655. The van der Waals surface area contributed by atoms with Gasteiger partial charge in [-0.3, -0.25) is 0 Å². The smallest absolute Gasteiger partial charge is 0.180 e. The summed E-state index contributed by atoms with van der Waals surface area (Å²) in [5, 5.41) is 11.0. The molecule has 0 saturated heterocycles. The molecule has 0 aliphatic carbocycles. The normalized spacial score (nSPS) is 11.9. The van der Waals surface area contributed by atoms with Crippen LogP contribution in [0.3, 0.4) is 0 Å². The van der Waals surface area contributed by atoms with Gasteiger partial charge in [0.1, 0.15) is 16.8 Å². The van der Waals surface area contributed by atoms with Crippen LogP contribution >= 0.6 is 0 Å². The van der Waals surface area contributed by atoms with Crippen LogP contribution in [0.2, 0.25) is 0 Å². The highest BCUT2D eigenvalue weighted by molar-refractivity contribution is 6.26. The Bertz CT molecular complexity index is 3880. The summed E-state index contributed by atoms with van der Waals surface area (Å²) in [5.41, 5.74) is 13.0. The molecular weight excluding hydrogens is 755 g/mol. The van der Waals surface area contributed by atoms with Gasteiger partial charge in [-0.05, 0) is 109 Å². The summed E-state index contributed by atoms with van der Waals surface area (Å²) in [6.45, 7) is 0. The number of hydrogen-bond donors (Lipinski definition) is 0. The van der Waals surface area contributed by atoms with Crippen LogP contribution in [0.5, 0.6) is 0 Å². The van der Waals surface area contributed by atoms with E-state index in [1.807, 2.05) is 36.4 Å². The molecule has 3 heterocycles. The van der Waals surface area contributed by atoms with Crippen LogP contribution in [0.15, 0.2) is 217 Å². The molecule has 0 fully saturated rings. The first kappa shape index (κ1) is 34.5. The molecule has 288 valence electrons. The lowest BCUT2D eigenvalue weighted by molar-refractivity contribution is 0.667. The Morgan fingerprint density at radius 3 is 1.69 bits per heavy atom. The van der Waals surface area contributed by atoms with Gasteiger partial charge in [-0.25, -0.2) is 9.97 Å². The van der Waals surface area contributed by atoms with Crippen molar-refractivity contribution in [3.05, 3.63) is 212 Å². The molecule has 0 radical (unpaired) electrons. The molecule has 0 atom stereocenters. The van der Waals surface area contributed by atoms with E-state index in [2.05, 4.69) is 180 Å². The summed E-state index contributed by atoms with van der Waals surface area (Å²) in [5.74, 6) is 0.655. The predicted octanol–water partition coefficient (Wildman–Crippen LogP) is 15.6. The van der Waals surface area contributed by atoms with E-state index in [4.69, 9.17) is 14.4 Å². The van der Waals surface area contributed by atoms with Crippen LogP contribution in [0.1, 0.15) is 0 Å². The van der Waals surface area contributed by atoms with Crippen molar-refractivity contribution in [3.8, 4) is 50.6 Å². The maximum absolute atomic E-state index is 6.42. The maximum Gasteiger partial charge on any atom is 0.180 e. The van der Waals surface area contributed by atoms with E-state index < -0.39 is 0 Å². The topological polar surface area (TPSA) is 43.9 Å². The van der Waals surface area contributed by atoms with E-state index in [1.54, 1.807) is 0 Å². The van der Waals surface area contributed by atoms with Crippen LogP contribution in [0, 0.1) is 0 Å². The van der Waals surface area contributed by atoms with Crippen molar-refractivity contribution in [1.82, 2.24) is 14.5 Å². The number of nitrogens with zero attached hydrogens (tertiary/aromatic N) is 3. The second-order valence-corrected chi connectivity index (χ2v) is 16.1. The minimum absolute atomic E-state index is 0.655. The molecule has 0 bridgehead atoms. The highest BCUT2D eigenvalue weighted by Gasteiger charge is 2.21. The molecule has 4 nitrogen and oxygen atoms in total. The number of hydrogen-bond acceptors (Lipinski definition) is 3. The van der Waals surface area contributed by atoms with Gasteiger partial charge in [0, 0.05) is 33.0 Å². The molecule has 62 heavy (non-hydrogen) atoms. The minimum Gasteiger partial charge on any atom is -0.452 e. The van der Waals surface area contributed by atoms with Gasteiger partial charge in [0.2, 0.25) is 0 Å². The average molecular weight is 790 g/mol. The number of rotatable bonds is 5. The molecule has 13 rings (SSSR count). The van der Waals surface area contributed by atoms with E-state index in [1.165, 1.54) is 54.2 Å². The SMILES string of the molecule is c1ccc(-c2nc(-c3cccc(-c4cccc5c4c4cc(-c6ccc7c8ccccc8c8ccccc8c7c6)ccc4n5-c4ccccc4)c3)nc3c2oc2ccccc23)cc1. The second kappa shape index (κ2) is 13.6. The largest absolute Gasteiger partial charge is 0.452 e. The number of benzene rings is 10. The molecule has 13 aromatic rings. The van der Waals surface area contributed by atoms with Crippen LogP contribution in [-0.2, 0) is 0 Å². The zero-order valence-electron chi connectivity index (χ0n) is 33.5. The van der Waals surface area contributed by atoms with Crippen molar-refractivity contribution in [2.24, 2.45) is 0 Å². The van der Waals surface area contributed by atoms with Crippen molar-refractivity contribution in [3.63, 3.8) is 0 Å². The van der Waals surface area contributed by atoms with Crippen LogP contribution in [-0.4, -0.2) is 14.5 Å². The zero-order chi connectivity index (χ0) is 40.7. The summed E-state index contributed by atoms with van der Waals surface area (Å²) in [6.07, 6.45) is 0. The molecular formula is C58H35N3O. The zero-order valence-corrected chi connectivity index (χ0v) is 33.5.